The predicted octanol–water partition coefficient (Wildman–Crippen LogP) is 4.04. The molecule has 0 amide bonds. The Bertz CT molecular complexity index is 672. The first-order chi connectivity index (χ1) is 12.2. The summed E-state index contributed by atoms with van der Waals surface area (Å²) in [6.45, 7) is 5.14. The number of hydrogen-bond donors (Lipinski definition) is 0. The van der Waals surface area contributed by atoms with E-state index in [-0.39, 0.29) is 18.2 Å². The van der Waals surface area contributed by atoms with Crippen LogP contribution < -0.4 is 14.2 Å². The first kappa shape index (κ1) is 18.8. The molecule has 5 heteroatoms. The molecule has 0 aliphatic heterocycles. The van der Waals surface area contributed by atoms with Crippen LogP contribution in [0.4, 0.5) is 4.39 Å². The number of para-hydroxylation sites is 1. The molecule has 0 N–H and O–H groups in total. The molecule has 25 heavy (non-hydrogen) atoms. The molecule has 2 rings (SSSR count). The third-order valence-electron chi connectivity index (χ3n) is 3.42. The van der Waals surface area contributed by atoms with Gasteiger partial charge in [-0.2, -0.15) is 0 Å². The SMILES string of the molecule is C=CCc1ccc(OCCOCCOc2ccccc2F)c(OC)c1. The van der Waals surface area contributed by atoms with Gasteiger partial charge in [-0.25, -0.2) is 4.39 Å². The molecule has 0 fully saturated rings. The van der Waals surface area contributed by atoms with Gasteiger partial charge in [0.15, 0.2) is 23.1 Å². The van der Waals surface area contributed by atoms with Gasteiger partial charge in [-0.15, -0.1) is 6.58 Å². The van der Waals surface area contributed by atoms with Crippen LogP contribution in [-0.4, -0.2) is 33.5 Å². The Hall–Kier alpha value is -2.53. The quantitative estimate of drug-likeness (QED) is 0.455. The Morgan fingerprint density at radius 1 is 0.920 bits per heavy atom. The summed E-state index contributed by atoms with van der Waals surface area (Å²) in [5.41, 5.74) is 1.11. The van der Waals surface area contributed by atoms with Crippen molar-refractivity contribution >= 4 is 0 Å². The van der Waals surface area contributed by atoms with Gasteiger partial charge in [0.2, 0.25) is 0 Å². The smallest absolute Gasteiger partial charge is 0.165 e. The number of benzene rings is 2. The van der Waals surface area contributed by atoms with Crippen molar-refractivity contribution in [1.82, 2.24) is 0 Å². The van der Waals surface area contributed by atoms with Gasteiger partial charge in [-0.3, -0.25) is 0 Å². The fraction of sp³-hybridized carbons (Fsp3) is 0.300. The second-order valence-corrected chi connectivity index (χ2v) is 5.22. The van der Waals surface area contributed by atoms with Crippen molar-refractivity contribution in [3.8, 4) is 17.2 Å². The van der Waals surface area contributed by atoms with Crippen LogP contribution in [0.15, 0.2) is 55.1 Å². The maximum Gasteiger partial charge on any atom is 0.165 e. The van der Waals surface area contributed by atoms with E-state index in [2.05, 4.69) is 6.58 Å². The van der Waals surface area contributed by atoms with Gasteiger partial charge in [0.25, 0.3) is 0 Å². The van der Waals surface area contributed by atoms with Crippen molar-refractivity contribution in [3.63, 3.8) is 0 Å². The molecule has 4 nitrogen and oxygen atoms in total. The van der Waals surface area contributed by atoms with Crippen molar-refractivity contribution in [2.75, 3.05) is 33.5 Å². The first-order valence-corrected chi connectivity index (χ1v) is 8.10. The van der Waals surface area contributed by atoms with Crippen molar-refractivity contribution < 1.29 is 23.3 Å². The molecule has 0 saturated heterocycles. The Labute approximate surface area is 147 Å². The van der Waals surface area contributed by atoms with Gasteiger partial charge in [-0.1, -0.05) is 24.3 Å². The zero-order chi connectivity index (χ0) is 17.9. The monoisotopic (exact) mass is 346 g/mol. The van der Waals surface area contributed by atoms with E-state index in [1.807, 2.05) is 24.3 Å². The molecule has 2 aromatic carbocycles. The fourth-order valence-corrected chi connectivity index (χ4v) is 2.21. The molecule has 0 aromatic heterocycles. The van der Waals surface area contributed by atoms with Crippen LogP contribution in [0.25, 0.3) is 0 Å². The molecule has 0 unspecified atom stereocenters. The zero-order valence-electron chi connectivity index (χ0n) is 14.4. The van der Waals surface area contributed by atoms with Gasteiger partial charge < -0.3 is 18.9 Å². The van der Waals surface area contributed by atoms with Crippen LogP contribution in [0, 0.1) is 5.82 Å². The van der Waals surface area contributed by atoms with E-state index in [1.54, 1.807) is 25.3 Å². The maximum atomic E-state index is 13.4. The van der Waals surface area contributed by atoms with E-state index in [1.165, 1.54) is 6.07 Å². The highest BCUT2D eigenvalue weighted by Gasteiger charge is 2.05. The van der Waals surface area contributed by atoms with Gasteiger partial charge in [0.05, 0.1) is 20.3 Å². The number of hydrogen-bond acceptors (Lipinski definition) is 4. The van der Waals surface area contributed by atoms with Crippen molar-refractivity contribution in [2.24, 2.45) is 0 Å². The molecule has 2 aromatic rings. The summed E-state index contributed by atoms with van der Waals surface area (Å²) >= 11 is 0. The lowest BCUT2D eigenvalue weighted by Gasteiger charge is -2.12. The highest BCUT2D eigenvalue weighted by molar-refractivity contribution is 5.43. The molecule has 0 radical (unpaired) electrons. The van der Waals surface area contributed by atoms with E-state index in [0.29, 0.717) is 31.3 Å². The predicted molar refractivity (Wildman–Crippen MR) is 95.1 cm³/mol. The number of allylic oxidation sites excluding steroid dienone is 1. The van der Waals surface area contributed by atoms with E-state index in [4.69, 9.17) is 18.9 Å². The second kappa shape index (κ2) is 10.4. The molecule has 0 atom stereocenters. The zero-order valence-corrected chi connectivity index (χ0v) is 14.4. The summed E-state index contributed by atoms with van der Waals surface area (Å²) in [6, 6.07) is 12.1. The molecule has 0 saturated carbocycles. The van der Waals surface area contributed by atoms with Crippen LogP contribution in [0.1, 0.15) is 5.56 Å². The summed E-state index contributed by atoms with van der Waals surface area (Å²) in [4.78, 5) is 0. The molecule has 0 bridgehead atoms. The average Bonchev–Trinajstić information content (AvgIpc) is 2.63. The van der Waals surface area contributed by atoms with Gasteiger partial charge in [0.1, 0.15) is 13.2 Å². The Morgan fingerprint density at radius 2 is 1.64 bits per heavy atom. The van der Waals surface area contributed by atoms with Crippen molar-refractivity contribution in [1.29, 1.82) is 0 Å². The number of halogens is 1. The van der Waals surface area contributed by atoms with Crippen LogP contribution in [0.5, 0.6) is 17.2 Å². The minimum absolute atomic E-state index is 0.228. The number of rotatable bonds is 11. The third kappa shape index (κ3) is 6.12. The summed E-state index contributed by atoms with van der Waals surface area (Å²) in [7, 11) is 1.61. The van der Waals surface area contributed by atoms with Crippen molar-refractivity contribution in [2.45, 2.75) is 6.42 Å². The average molecular weight is 346 g/mol. The third-order valence-corrected chi connectivity index (χ3v) is 3.42. The van der Waals surface area contributed by atoms with E-state index < -0.39 is 0 Å². The van der Waals surface area contributed by atoms with Crippen LogP contribution >= 0.6 is 0 Å². The molecule has 0 aliphatic carbocycles. The standard InChI is InChI=1S/C20H23FO4/c1-3-6-16-9-10-19(20(15-16)22-2)25-14-12-23-11-13-24-18-8-5-4-7-17(18)21/h3-5,7-10,15H,1,6,11-14H2,2H3. The largest absolute Gasteiger partial charge is 0.493 e. The summed E-state index contributed by atoms with van der Waals surface area (Å²) in [5, 5.41) is 0. The fourth-order valence-electron chi connectivity index (χ4n) is 2.21. The molecular formula is C20H23FO4. The highest BCUT2D eigenvalue weighted by atomic mass is 19.1. The lowest BCUT2D eigenvalue weighted by molar-refractivity contribution is 0.0748. The van der Waals surface area contributed by atoms with Crippen molar-refractivity contribution in [3.05, 3.63) is 66.5 Å². The summed E-state index contributed by atoms with van der Waals surface area (Å²) < 4.78 is 35.1. The lowest BCUT2D eigenvalue weighted by atomic mass is 10.1. The molecule has 134 valence electrons. The molecular weight excluding hydrogens is 323 g/mol. The number of methoxy groups -OCH3 is 1. The van der Waals surface area contributed by atoms with Gasteiger partial charge >= 0.3 is 0 Å². The van der Waals surface area contributed by atoms with Gasteiger partial charge in [-0.05, 0) is 36.2 Å². The molecule has 0 heterocycles. The highest BCUT2D eigenvalue weighted by Crippen LogP contribution is 2.28. The summed E-state index contributed by atoms with van der Waals surface area (Å²) in [6.07, 6.45) is 2.62. The Morgan fingerprint density at radius 3 is 2.32 bits per heavy atom. The van der Waals surface area contributed by atoms with E-state index in [0.717, 1.165) is 12.0 Å². The minimum Gasteiger partial charge on any atom is -0.493 e. The maximum absolute atomic E-state index is 13.4. The van der Waals surface area contributed by atoms with Gasteiger partial charge in [0, 0.05) is 0 Å². The normalized spacial score (nSPS) is 10.3. The Balaban J connectivity index is 1.66. The van der Waals surface area contributed by atoms with E-state index in [9.17, 15) is 4.39 Å². The molecule has 0 spiro atoms. The summed E-state index contributed by atoms with van der Waals surface area (Å²) in [5.74, 6) is 1.20. The molecule has 0 aliphatic rings. The topological polar surface area (TPSA) is 36.9 Å². The minimum atomic E-state index is -0.377. The first-order valence-electron chi connectivity index (χ1n) is 8.10. The van der Waals surface area contributed by atoms with Crippen LogP contribution in [-0.2, 0) is 11.2 Å². The lowest BCUT2D eigenvalue weighted by Crippen LogP contribution is -2.12. The van der Waals surface area contributed by atoms with Crippen LogP contribution in [0.2, 0.25) is 0 Å². The second-order valence-electron chi connectivity index (χ2n) is 5.22. The number of ether oxygens (including phenoxy) is 4. The van der Waals surface area contributed by atoms with E-state index >= 15 is 0 Å². The Kier molecular flexibility index (Phi) is 7.79. The van der Waals surface area contributed by atoms with Crippen LogP contribution in [0.3, 0.4) is 0 Å².